The molecule has 210 valence electrons. The molecule has 1 fully saturated rings. The van der Waals surface area contributed by atoms with Gasteiger partial charge in [0.05, 0.1) is 23.4 Å². The van der Waals surface area contributed by atoms with Crippen molar-refractivity contribution in [3.63, 3.8) is 0 Å². The molecule has 9 heteroatoms. The Labute approximate surface area is 240 Å². The number of nitrogens with one attached hydrogen (secondary N) is 2. The molecule has 1 atom stereocenters. The lowest BCUT2D eigenvalue weighted by molar-refractivity contribution is -0.141. The van der Waals surface area contributed by atoms with Crippen LogP contribution in [0.25, 0.3) is 16.5 Å². The molecule has 5 aromatic rings. The SMILES string of the molecule is N#Cc1cccc(-n2nc(C(F)(F)F)cc2C(=O)Nc2cccc(C(NCC3CC3)c3cccc4ccccc34)c2)c1. The van der Waals surface area contributed by atoms with E-state index >= 15 is 0 Å². The van der Waals surface area contributed by atoms with Crippen LogP contribution in [0, 0.1) is 17.2 Å². The summed E-state index contributed by atoms with van der Waals surface area (Å²) in [7, 11) is 0. The van der Waals surface area contributed by atoms with Gasteiger partial charge in [0.2, 0.25) is 0 Å². The Morgan fingerprint density at radius 3 is 2.52 bits per heavy atom. The van der Waals surface area contributed by atoms with Crippen LogP contribution in [0.2, 0.25) is 0 Å². The minimum absolute atomic E-state index is 0.162. The highest BCUT2D eigenvalue weighted by Gasteiger charge is 2.36. The number of rotatable bonds is 8. The maximum atomic E-state index is 13.6. The molecule has 2 N–H and O–H groups in total. The summed E-state index contributed by atoms with van der Waals surface area (Å²) in [6.45, 7) is 0.853. The van der Waals surface area contributed by atoms with E-state index in [9.17, 15) is 23.2 Å². The third-order valence-corrected chi connectivity index (χ3v) is 7.37. The molecule has 1 amide bonds. The number of anilines is 1. The summed E-state index contributed by atoms with van der Waals surface area (Å²) in [5, 5.41) is 21.6. The fourth-order valence-corrected chi connectivity index (χ4v) is 5.09. The Hall–Kier alpha value is -4.94. The molecule has 0 aliphatic heterocycles. The van der Waals surface area contributed by atoms with E-state index in [1.165, 1.54) is 37.1 Å². The summed E-state index contributed by atoms with van der Waals surface area (Å²) >= 11 is 0. The molecule has 42 heavy (non-hydrogen) atoms. The van der Waals surface area contributed by atoms with Crippen LogP contribution in [0.15, 0.2) is 97.1 Å². The number of fused-ring (bicyclic) bond motifs is 1. The molecule has 1 aromatic heterocycles. The highest BCUT2D eigenvalue weighted by Crippen LogP contribution is 2.34. The van der Waals surface area contributed by atoms with E-state index < -0.39 is 17.8 Å². The topological polar surface area (TPSA) is 82.7 Å². The van der Waals surface area contributed by atoms with Crippen molar-refractivity contribution in [3.05, 3.63) is 125 Å². The monoisotopic (exact) mass is 565 g/mol. The van der Waals surface area contributed by atoms with Gasteiger partial charge in [-0.2, -0.15) is 23.5 Å². The second kappa shape index (κ2) is 11.1. The number of carbonyl (C=O) groups excluding carboxylic acids is 1. The van der Waals surface area contributed by atoms with Crippen molar-refractivity contribution in [2.24, 2.45) is 5.92 Å². The minimum Gasteiger partial charge on any atom is -0.321 e. The Balaban J connectivity index is 1.34. The Morgan fingerprint density at radius 1 is 0.976 bits per heavy atom. The van der Waals surface area contributed by atoms with Gasteiger partial charge in [-0.05, 0) is 77.5 Å². The number of nitriles is 1. The summed E-state index contributed by atoms with van der Waals surface area (Å²) in [5.41, 5.74) is 1.34. The van der Waals surface area contributed by atoms with Crippen LogP contribution in [0.4, 0.5) is 18.9 Å². The number of aromatic nitrogens is 2. The van der Waals surface area contributed by atoms with Crippen LogP contribution in [-0.2, 0) is 6.18 Å². The number of carbonyl (C=O) groups is 1. The quantitative estimate of drug-likeness (QED) is 0.208. The highest BCUT2D eigenvalue weighted by atomic mass is 19.4. The largest absolute Gasteiger partial charge is 0.435 e. The first-order chi connectivity index (χ1) is 20.3. The van der Waals surface area contributed by atoms with Crippen LogP contribution < -0.4 is 10.6 Å². The molecule has 0 bridgehead atoms. The van der Waals surface area contributed by atoms with E-state index in [0.717, 1.165) is 33.1 Å². The normalized spacial score (nSPS) is 14.0. The second-order valence-electron chi connectivity index (χ2n) is 10.4. The lowest BCUT2D eigenvalue weighted by Crippen LogP contribution is -2.25. The van der Waals surface area contributed by atoms with E-state index in [1.54, 1.807) is 6.07 Å². The molecule has 1 aliphatic rings. The van der Waals surface area contributed by atoms with Crippen LogP contribution >= 0.6 is 0 Å². The lowest BCUT2D eigenvalue weighted by atomic mass is 9.93. The fourth-order valence-electron chi connectivity index (χ4n) is 5.09. The van der Waals surface area contributed by atoms with E-state index in [2.05, 4.69) is 40.0 Å². The average molecular weight is 566 g/mol. The first-order valence-corrected chi connectivity index (χ1v) is 13.6. The number of alkyl halides is 3. The first-order valence-electron chi connectivity index (χ1n) is 13.6. The first kappa shape index (κ1) is 27.2. The van der Waals surface area contributed by atoms with Crippen molar-refractivity contribution in [2.75, 3.05) is 11.9 Å². The van der Waals surface area contributed by atoms with Crippen LogP contribution in [-0.4, -0.2) is 22.2 Å². The zero-order valence-electron chi connectivity index (χ0n) is 22.4. The third-order valence-electron chi connectivity index (χ3n) is 7.37. The predicted octanol–water partition coefficient (Wildman–Crippen LogP) is 7.26. The van der Waals surface area contributed by atoms with Crippen molar-refractivity contribution < 1.29 is 18.0 Å². The van der Waals surface area contributed by atoms with E-state index in [-0.39, 0.29) is 23.0 Å². The number of benzene rings is 4. The number of hydrogen-bond acceptors (Lipinski definition) is 4. The average Bonchev–Trinajstić information content (AvgIpc) is 3.70. The van der Waals surface area contributed by atoms with Crippen LogP contribution in [0.5, 0.6) is 0 Å². The third kappa shape index (κ3) is 5.76. The van der Waals surface area contributed by atoms with E-state index in [4.69, 9.17) is 0 Å². The van der Waals surface area contributed by atoms with Gasteiger partial charge in [-0.15, -0.1) is 0 Å². The Kier molecular flexibility index (Phi) is 7.23. The molecule has 0 saturated heterocycles. The summed E-state index contributed by atoms with van der Waals surface area (Å²) in [6.07, 6.45) is -2.38. The zero-order valence-corrected chi connectivity index (χ0v) is 22.4. The minimum atomic E-state index is -4.76. The smallest absolute Gasteiger partial charge is 0.321 e. The Morgan fingerprint density at radius 2 is 1.74 bits per heavy atom. The second-order valence-corrected chi connectivity index (χ2v) is 10.4. The molecule has 6 nitrogen and oxygen atoms in total. The molecule has 1 saturated carbocycles. The maximum Gasteiger partial charge on any atom is 0.435 e. The van der Waals surface area contributed by atoms with Crippen molar-refractivity contribution in [2.45, 2.75) is 25.1 Å². The van der Waals surface area contributed by atoms with Gasteiger partial charge in [-0.25, -0.2) is 4.68 Å². The number of nitrogens with zero attached hydrogens (tertiary/aromatic N) is 3. The molecular formula is C33H26F3N5O. The Bertz CT molecular complexity index is 1810. The molecule has 4 aromatic carbocycles. The zero-order chi connectivity index (χ0) is 29.3. The van der Waals surface area contributed by atoms with Gasteiger partial charge in [0.25, 0.3) is 5.91 Å². The maximum absolute atomic E-state index is 13.6. The summed E-state index contributed by atoms with van der Waals surface area (Å²) in [5.74, 6) is -0.127. The highest BCUT2D eigenvalue weighted by molar-refractivity contribution is 6.03. The van der Waals surface area contributed by atoms with Gasteiger partial charge >= 0.3 is 6.18 Å². The summed E-state index contributed by atoms with van der Waals surface area (Å²) < 4.78 is 41.8. The standard InChI is InChI=1S/C33H26F3N5O/c34-33(35,36)30-18-29(41(40-30)26-11-3-6-22(16-26)19-37)32(42)39-25-10-4-9-24(17-25)31(38-20-21-14-15-21)28-13-5-8-23-7-1-2-12-27(23)28/h1-13,16-18,21,31,38H,14-15,20H2,(H,39,42). The number of hydrogen-bond donors (Lipinski definition) is 2. The van der Waals surface area contributed by atoms with Gasteiger partial charge in [0, 0.05) is 11.8 Å². The van der Waals surface area contributed by atoms with Gasteiger partial charge in [0.1, 0.15) is 5.69 Å². The lowest BCUT2D eigenvalue weighted by Gasteiger charge is -2.22. The van der Waals surface area contributed by atoms with Crippen molar-refractivity contribution in [1.29, 1.82) is 5.26 Å². The van der Waals surface area contributed by atoms with Gasteiger partial charge < -0.3 is 10.6 Å². The molecule has 6 rings (SSSR count). The predicted molar refractivity (Wildman–Crippen MR) is 154 cm³/mol. The molecular weight excluding hydrogens is 539 g/mol. The van der Waals surface area contributed by atoms with Crippen molar-refractivity contribution in [1.82, 2.24) is 15.1 Å². The number of halogens is 3. The molecule has 1 heterocycles. The summed E-state index contributed by atoms with van der Waals surface area (Å²) in [6, 6.07) is 30.1. The van der Waals surface area contributed by atoms with Crippen molar-refractivity contribution >= 4 is 22.4 Å². The molecule has 1 unspecified atom stereocenters. The van der Waals surface area contributed by atoms with Gasteiger partial charge in [-0.1, -0.05) is 60.7 Å². The van der Waals surface area contributed by atoms with Crippen LogP contribution in [0.3, 0.4) is 0 Å². The van der Waals surface area contributed by atoms with Crippen LogP contribution in [0.1, 0.15) is 51.8 Å². The van der Waals surface area contributed by atoms with Gasteiger partial charge in [-0.3, -0.25) is 4.79 Å². The fraction of sp³-hybridized carbons (Fsp3) is 0.182. The molecule has 0 spiro atoms. The molecule has 1 aliphatic carbocycles. The van der Waals surface area contributed by atoms with E-state index in [0.29, 0.717) is 17.7 Å². The molecule has 0 radical (unpaired) electrons. The number of amides is 1. The van der Waals surface area contributed by atoms with Crippen molar-refractivity contribution in [3.8, 4) is 11.8 Å². The van der Waals surface area contributed by atoms with E-state index in [1.807, 2.05) is 42.5 Å². The summed E-state index contributed by atoms with van der Waals surface area (Å²) in [4.78, 5) is 13.4. The van der Waals surface area contributed by atoms with Gasteiger partial charge in [0.15, 0.2) is 5.69 Å².